The molecule has 2 fully saturated rings. The number of halogens is 4. The number of amides is 1. The fourth-order valence-electron chi connectivity index (χ4n) is 3.59. The molecule has 3 rings (SSSR count). The molecule has 0 N–H and O–H groups in total. The average Bonchev–Trinajstić information content (AvgIpc) is 3.11. The maximum Gasteiger partial charge on any atom is 0.417 e. The molecule has 0 radical (unpaired) electrons. The number of carbonyl (C=O) groups is 1. The number of hydrogen-bond acceptors (Lipinski definition) is 4. The third-order valence-corrected chi connectivity index (χ3v) is 5.37. The average molecular weight is 387 g/mol. The Hall–Kier alpha value is -2.01. The van der Waals surface area contributed by atoms with Crippen molar-refractivity contribution in [2.45, 2.75) is 31.9 Å². The lowest BCUT2D eigenvalue weighted by Gasteiger charge is -2.38. The smallest absolute Gasteiger partial charge is 0.352 e. The SMILES string of the molecule is N#CC1(C(=O)N2CCN(c3ncc(C(F)(F)F)cc3Cl)CC2)CCCC1. The second kappa shape index (κ2) is 6.95. The van der Waals surface area contributed by atoms with Crippen molar-refractivity contribution in [3.8, 4) is 6.07 Å². The van der Waals surface area contributed by atoms with E-state index >= 15 is 0 Å². The molecule has 0 unspecified atom stereocenters. The van der Waals surface area contributed by atoms with Crippen LogP contribution in [0, 0.1) is 16.7 Å². The van der Waals surface area contributed by atoms with Crippen LogP contribution in [-0.2, 0) is 11.0 Å². The van der Waals surface area contributed by atoms with Crippen molar-refractivity contribution in [2.24, 2.45) is 5.41 Å². The molecule has 26 heavy (non-hydrogen) atoms. The van der Waals surface area contributed by atoms with E-state index in [0.29, 0.717) is 39.0 Å². The van der Waals surface area contributed by atoms with E-state index in [1.807, 2.05) is 0 Å². The Balaban J connectivity index is 1.67. The molecule has 2 aliphatic rings. The van der Waals surface area contributed by atoms with Gasteiger partial charge in [-0.3, -0.25) is 4.79 Å². The van der Waals surface area contributed by atoms with Gasteiger partial charge in [-0.25, -0.2) is 4.98 Å². The molecular weight excluding hydrogens is 369 g/mol. The molecule has 2 heterocycles. The molecule has 0 spiro atoms. The van der Waals surface area contributed by atoms with Crippen molar-refractivity contribution in [3.05, 3.63) is 22.8 Å². The van der Waals surface area contributed by atoms with E-state index in [-0.39, 0.29) is 16.7 Å². The van der Waals surface area contributed by atoms with E-state index < -0.39 is 17.2 Å². The maximum absolute atomic E-state index is 12.7. The fourth-order valence-corrected chi connectivity index (χ4v) is 3.88. The van der Waals surface area contributed by atoms with Gasteiger partial charge in [0.2, 0.25) is 5.91 Å². The highest BCUT2D eigenvalue weighted by molar-refractivity contribution is 6.33. The summed E-state index contributed by atoms with van der Waals surface area (Å²) in [5.41, 5.74) is -1.80. The quantitative estimate of drug-likeness (QED) is 0.780. The number of nitriles is 1. The predicted octanol–water partition coefficient (Wildman–Crippen LogP) is 3.49. The lowest BCUT2D eigenvalue weighted by molar-refractivity contribution is -0.139. The molecule has 0 atom stereocenters. The van der Waals surface area contributed by atoms with Crippen molar-refractivity contribution < 1.29 is 18.0 Å². The van der Waals surface area contributed by atoms with Crippen LogP contribution in [0.5, 0.6) is 0 Å². The Labute approximate surface area is 154 Å². The first-order valence-corrected chi connectivity index (χ1v) is 8.83. The van der Waals surface area contributed by atoms with Crippen molar-refractivity contribution >= 4 is 23.3 Å². The van der Waals surface area contributed by atoms with Crippen LogP contribution in [0.15, 0.2) is 12.3 Å². The standard InChI is InChI=1S/C17H18ClF3N4O/c18-13-9-12(17(19,20)21)10-23-14(13)24-5-7-25(8-6-24)15(26)16(11-22)3-1-2-4-16/h9-10H,1-8H2. The number of rotatable bonds is 2. The summed E-state index contributed by atoms with van der Waals surface area (Å²) in [5, 5.41) is 9.38. The van der Waals surface area contributed by atoms with Gasteiger partial charge < -0.3 is 9.80 Å². The van der Waals surface area contributed by atoms with Crippen LogP contribution in [0.2, 0.25) is 5.02 Å². The lowest BCUT2D eigenvalue weighted by atomic mass is 9.86. The van der Waals surface area contributed by atoms with E-state index in [0.717, 1.165) is 25.1 Å². The van der Waals surface area contributed by atoms with Crippen LogP contribution < -0.4 is 4.90 Å². The van der Waals surface area contributed by atoms with Gasteiger partial charge in [0.25, 0.3) is 0 Å². The summed E-state index contributed by atoms with van der Waals surface area (Å²) < 4.78 is 38.2. The van der Waals surface area contributed by atoms with Crippen LogP contribution in [0.25, 0.3) is 0 Å². The Morgan fingerprint density at radius 2 is 1.85 bits per heavy atom. The monoisotopic (exact) mass is 386 g/mol. The molecule has 1 aliphatic carbocycles. The zero-order valence-electron chi connectivity index (χ0n) is 14.0. The Morgan fingerprint density at radius 1 is 1.23 bits per heavy atom. The number of piperazine rings is 1. The molecule has 0 aromatic carbocycles. The van der Waals surface area contributed by atoms with Crippen molar-refractivity contribution in [3.63, 3.8) is 0 Å². The van der Waals surface area contributed by atoms with Gasteiger partial charge in [-0.15, -0.1) is 0 Å². The molecule has 5 nitrogen and oxygen atoms in total. The number of aromatic nitrogens is 1. The Bertz CT molecular complexity index is 733. The predicted molar refractivity (Wildman–Crippen MR) is 89.6 cm³/mol. The number of carbonyl (C=O) groups excluding carboxylic acids is 1. The molecule has 9 heteroatoms. The van der Waals surface area contributed by atoms with Gasteiger partial charge >= 0.3 is 6.18 Å². The molecule has 1 aromatic heterocycles. The van der Waals surface area contributed by atoms with E-state index in [4.69, 9.17) is 11.6 Å². The van der Waals surface area contributed by atoms with E-state index in [9.17, 15) is 23.2 Å². The largest absolute Gasteiger partial charge is 0.417 e. The highest BCUT2D eigenvalue weighted by Crippen LogP contribution is 2.39. The van der Waals surface area contributed by atoms with Crippen LogP contribution in [-0.4, -0.2) is 42.0 Å². The van der Waals surface area contributed by atoms with Gasteiger partial charge in [-0.05, 0) is 18.9 Å². The van der Waals surface area contributed by atoms with Crippen molar-refractivity contribution in [1.29, 1.82) is 5.26 Å². The first kappa shape index (κ1) is 18.8. The number of nitrogens with zero attached hydrogens (tertiary/aromatic N) is 4. The van der Waals surface area contributed by atoms with Crippen molar-refractivity contribution in [2.75, 3.05) is 31.1 Å². The van der Waals surface area contributed by atoms with Gasteiger partial charge in [0.15, 0.2) is 0 Å². The van der Waals surface area contributed by atoms with E-state index in [1.165, 1.54) is 0 Å². The second-order valence-corrected chi connectivity index (χ2v) is 7.11. The third-order valence-electron chi connectivity index (χ3n) is 5.10. The van der Waals surface area contributed by atoms with Gasteiger partial charge in [-0.2, -0.15) is 18.4 Å². The third kappa shape index (κ3) is 3.45. The second-order valence-electron chi connectivity index (χ2n) is 6.71. The first-order valence-electron chi connectivity index (χ1n) is 8.45. The molecule has 0 bridgehead atoms. The Morgan fingerprint density at radius 3 is 2.35 bits per heavy atom. The highest BCUT2D eigenvalue weighted by Gasteiger charge is 2.44. The van der Waals surface area contributed by atoms with E-state index in [1.54, 1.807) is 9.80 Å². The first-order chi connectivity index (χ1) is 12.3. The zero-order valence-corrected chi connectivity index (χ0v) is 14.8. The summed E-state index contributed by atoms with van der Waals surface area (Å²) in [6, 6.07) is 3.07. The van der Waals surface area contributed by atoms with Gasteiger partial charge in [-0.1, -0.05) is 24.4 Å². The lowest BCUT2D eigenvalue weighted by Crippen LogP contribution is -2.52. The molecule has 1 aromatic rings. The fraction of sp³-hybridized carbons (Fsp3) is 0.588. The summed E-state index contributed by atoms with van der Waals surface area (Å²) in [7, 11) is 0. The molecule has 1 aliphatic heterocycles. The van der Waals surface area contributed by atoms with Crippen LogP contribution in [0.4, 0.5) is 19.0 Å². The zero-order chi connectivity index (χ0) is 18.9. The molecule has 1 saturated carbocycles. The number of alkyl halides is 3. The minimum atomic E-state index is -4.49. The summed E-state index contributed by atoms with van der Waals surface area (Å²) in [6.07, 6.45) is -0.784. The van der Waals surface area contributed by atoms with E-state index in [2.05, 4.69) is 11.1 Å². The number of anilines is 1. The van der Waals surface area contributed by atoms with Gasteiger partial charge in [0.1, 0.15) is 11.2 Å². The summed E-state index contributed by atoms with van der Waals surface area (Å²) >= 11 is 5.99. The van der Waals surface area contributed by atoms with Gasteiger partial charge in [0, 0.05) is 32.4 Å². The van der Waals surface area contributed by atoms with Crippen molar-refractivity contribution in [1.82, 2.24) is 9.88 Å². The topological polar surface area (TPSA) is 60.2 Å². The molecular formula is C17H18ClF3N4O. The molecule has 140 valence electrons. The van der Waals surface area contributed by atoms with Gasteiger partial charge in [0.05, 0.1) is 16.7 Å². The molecule has 1 amide bonds. The van der Waals surface area contributed by atoms with Crippen LogP contribution in [0.1, 0.15) is 31.2 Å². The Kier molecular flexibility index (Phi) is 5.02. The summed E-state index contributed by atoms with van der Waals surface area (Å²) in [4.78, 5) is 20.0. The molecule has 1 saturated heterocycles. The number of hydrogen-bond donors (Lipinski definition) is 0. The van der Waals surface area contributed by atoms with Crippen LogP contribution >= 0.6 is 11.6 Å². The normalized spacial score (nSPS) is 20.1. The summed E-state index contributed by atoms with van der Waals surface area (Å²) in [5.74, 6) is 0.145. The maximum atomic E-state index is 12.7. The number of pyridine rings is 1. The van der Waals surface area contributed by atoms with Crippen LogP contribution in [0.3, 0.4) is 0 Å². The summed E-state index contributed by atoms with van der Waals surface area (Å²) in [6.45, 7) is 1.60. The minimum Gasteiger partial charge on any atom is -0.352 e. The minimum absolute atomic E-state index is 0.0658. The highest BCUT2D eigenvalue weighted by atomic mass is 35.5.